The third-order valence-electron chi connectivity index (χ3n) is 2.77. The van der Waals surface area contributed by atoms with Crippen LogP contribution in [0, 0.1) is 0 Å². The summed E-state index contributed by atoms with van der Waals surface area (Å²) >= 11 is 0. The number of aryl methyl sites for hydroxylation is 1. The van der Waals surface area contributed by atoms with Gasteiger partial charge in [-0.15, -0.1) is 0 Å². The van der Waals surface area contributed by atoms with Gasteiger partial charge in [0.25, 0.3) is 0 Å². The topological polar surface area (TPSA) is 85.0 Å². The van der Waals surface area contributed by atoms with Crippen LogP contribution in [0.1, 0.15) is 0 Å². The first-order valence-corrected chi connectivity index (χ1v) is 6.30. The molecular weight excluding hydrogens is 270 g/mol. The molecule has 0 atom stereocenters. The standard InChI is InChI=1S/C14H13N5O2/c1-19-8-7-12(17-19)15-14(20)16-13-9-11(21-18-13)10-5-3-2-4-6-10/h2-9H,1H3,(H2,15,16,17,18,20). The number of carbonyl (C=O) groups excluding carboxylic acids is 1. The minimum Gasteiger partial charge on any atom is -0.354 e. The summed E-state index contributed by atoms with van der Waals surface area (Å²) in [6, 6.07) is 12.4. The molecule has 0 aliphatic carbocycles. The summed E-state index contributed by atoms with van der Waals surface area (Å²) in [5.41, 5.74) is 0.892. The highest BCUT2D eigenvalue weighted by Gasteiger charge is 2.10. The second-order valence-electron chi connectivity index (χ2n) is 4.40. The van der Waals surface area contributed by atoms with Gasteiger partial charge in [0.1, 0.15) is 0 Å². The van der Waals surface area contributed by atoms with E-state index in [4.69, 9.17) is 4.52 Å². The Balaban J connectivity index is 1.66. The molecule has 2 amide bonds. The van der Waals surface area contributed by atoms with Crippen LogP contribution in [-0.2, 0) is 7.05 Å². The Kier molecular flexibility index (Phi) is 3.38. The van der Waals surface area contributed by atoms with Gasteiger partial charge >= 0.3 is 6.03 Å². The van der Waals surface area contributed by atoms with Crippen LogP contribution < -0.4 is 10.6 Å². The van der Waals surface area contributed by atoms with Crippen molar-refractivity contribution in [3.63, 3.8) is 0 Å². The summed E-state index contributed by atoms with van der Waals surface area (Å²) in [6.45, 7) is 0. The smallest absolute Gasteiger partial charge is 0.326 e. The largest absolute Gasteiger partial charge is 0.354 e. The van der Waals surface area contributed by atoms with Crippen LogP contribution in [0.3, 0.4) is 0 Å². The molecule has 2 N–H and O–H groups in total. The quantitative estimate of drug-likeness (QED) is 0.774. The van der Waals surface area contributed by atoms with Gasteiger partial charge in [0.15, 0.2) is 17.4 Å². The Bertz CT molecular complexity index is 748. The maximum absolute atomic E-state index is 11.8. The van der Waals surface area contributed by atoms with Crippen LogP contribution in [0.4, 0.5) is 16.4 Å². The molecule has 7 heteroatoms. The van der Waals surface area contributed by atoms with Gasteiger partial charge in [-0.25, -0.2) is 4.79 Å². The van der Waals surface area contributed by atoms with Crippen molar-refractivity contribution < 1.29 is 9.32 Å². The summed E-state index contributed by atoms with van der Waals surface area (Å²) in [7, 11) is 1.77. The van der Waals surface area contributed by atoms with Crippen molar-refractivity contribution in [1.29, 1.82) is 0 Å². The van der Waals surface area contributed by atoms with Crippen molar-refractivity contribution in [3.8, 4) is 11.3 Å². The molecule has 0 fully saturated rings. The molecule has 21 heavy (non-hydrogen) atoms. The lowest BCUT2D eigenvalue weighted by atomic mass is 10.2. The van der Waals surface area contributed by atoms with Crippen LogP contribution in [0.5, 0.6) is 0 Å². The first-order valence-electron chi connectivity index (χ1n) is 6.30. The van der Waals surface area contributed by atoms with Crippen LogP contribution in [0.2, 0.25) is 0 Å². The predicted octanol–water partition coefficient (Wildman–Crippen LogP) is 2.72. The highest BCUT2D eigenvalue weighted by atomic mass is 16.5. The second-order valence-corrected chi connectivity index (χ2v) is 4.40. The number of anilines is 2. The molecule has 7 nitrogen and oxygen atoms in total. The lowest BCUT2D eigenvalue weighted by Crippen LogP contribution is -2.19. The van der Waals surface area contributed by atoms with Crippen molar-refractivity contribution in [2.45, 2.75) is 0 Å². The molecule has 0 radical (unpaired) electrons. The second kappa shape index (κ2) is 5.49. The Morgan fingerprint density at radius 2 is 1.90 bits per heavy atom. The molecule has 2 aromatic heterocycles. The molecule has 0 saturated heterocycles. The van der Waals surface area contributed by atoms with E-state index in [2.05, 4.69) is 20.9 Å². The van der Waals surface area contributed by atoms with Gasteiger partial charge in [-0.3, -0.25) is 15.3 Å². The van der Waals surface area contributed by atoms with Gasteiger partial charge in [-0.05, 0) is 0 Å². The molecule has 0 saturated carbocycles. The molecule has 106 valence electrons. The first-order chi connectivity index (χ1) is 10.2. The zero-order valence-corrected chi connectivity index (χ0v) is 11.3. The number of carbonyl (C=O) groups is 1. The maximum Gasteiger partial charge on any atom is 0.326 e. The van der Waals surface area contributed by atoms with Gasteiger partial charge < -0.3 is 4.52 Å². The molecule has 0 aliphatic rings. The zero-order valence-electron chi connectivity index (χ0n) is 11.3. The Morgan fingerprint density at radius 1 is 1.14 bits per heavy atom. The zero-order chi connectivity index (χ0) is 14.7. The molecule has 1 aromatic carbocycles. The van der Waals surface area contributed by atoms with E-state index in [9.17, 15) is 4.79 Å². The molecule has 0 bridgehead atoms. The van der Waals surface area contributed by atoms with E-state index in [1.165, 1.54) is 0 Å². The van der Waals surface area contributed by atoms with E-state index < -0.39 is 6.03 Å². The van der Waals surface area contributed by atoms with Gasteiger partial charge in [0.2, 0.25) is 0 Å². The third-order valence-corrected chi connectivity index (χ3v) is 2.77. The van der Waals surface area contributed by atoms with Gasteiger partial charge in [0, 0.05) is 30.9 Å². The summed E-state index contributed by atoms with van der Waals surface area (Å²) in [4.78, 5) is 11.8. The number of hydrogen-bond donors (Lipinski definition) is 2. The number of nitrogens with zero attached hydrogens (tertiary/aromatic N) is 3. The van der Waals surface area contributed by atoms with Crippen molar-refractivity contribution in [2.75, 3.05) is 10.6 Å². The van der Waals surface area contributed by atoms with Crippen LogP contribution in [0.15, 0.2) is 53.2 Å². The van der Waals surface area contributed by atoms with Crippen LogP contribution >= 0.6 is 0 Å². The fraction of sp³-hybridized carbons (Fsp3) is 0.0714. The molecule has 3 aromatic rings. The highest BCUT2D eigenvalue weighted by molar-refractivity contribution is 5.98. The minimum atomic E-state index is -0.429. The molecule has 0 unspecified atom stereocenters. The monoisotopic (exact) mass is 283 g/mol. The summed E-state index contributed by atoms with van der Waals surface area (Å²) < 4.78 is 6.79. The number of urea groups is 1. The molecule has 3 rings (SSSR count). The van der Waals surface area contributed by atoms with Crippen molar-refractivity contribution in [3.05, 3.63) is 48.7 Å². The average molecular weight is 283 g/mol. The van der Waals surface area contributed by atoms with E-state index >= 15 is 0 Å². The number of rotatable bonds is 3. The lowest BCUT2D eigenvalue weighted by molar-refractivity contribution is 0.262. The first kappa shape index (κ1) is 12.9. The van der Waals surface area contributed by atoms with E-state index in [-0.39, 0.29) is 0 Å². The van der Waals surface area contributed by atoms with E-state index in [1.54, 1.807) is 30.1 Å². The number of hydrogen-bond acceptors (Lipinski definition) is 4. The number of aromatic nitrogens is 3. The minimum absolute atomic E-state index is 0.335. The molecule has 0 spiro atoms. The predicted molar refractivity (Wildman–Crippen MR) is 77.8 cm³/mol. The Hall–Kier alpha value is -3.09. The van der Waals surface area contributed by atoms with E-state index in [0.717, 1.165) is 5.56 Å². The van der Waals surface area contributed by atoms with Crippen LogP contribution in [0.25, 0.3) is 11.3 Å². The summed E-state index contributed by atoms with van der Waals surface area (Å²) in [5, 5.41) is 13.0. The van der Waals surface area contributed by atoms with Crippen molar-refractivity contribution in [1.82, 2.24) is 14.9 Å². The number of nitrogens with one attached hydrogen (secondary N) is 2. The fourth-order valence-corrected chi connectivity index (χ4v) is 1.82. The Labute approximate surface area is 120 Å². The normalized spacial score (nSPS) is 10.3. The average Bonchev–Trinajstić information content (AvgIpc) is 3.09. The maximum atomic E-state index is 11.8. The van der Waals surface area contributed by atoms with Gasteiger partial charge in [-0.2, -0.15) is 5.10 Å². The molecule has 2 heterocycles. The van der Waals surface area contributed by atoms with Gasteiger partial charge in [-0.1, -0.05) is 35.5 Å². The lowest BCUT2D eigenvalue weighted by Gasteiger charge is -2.00. The summed E-state index contributed by atoms with van der Waals surface area (Å²) in [6.07, 6.45) is 1.74. The van der Waals surface area contributed by atoms with E-state index in [1.807, 2.05) is 30.3 Å². The van der Waals surface area contributed by atoms with Crippen LogP contribution in [-0.4, -0.2) is 21.0 Å². The summed E-state index contributed by atoms with van der Waals surface area (Å²) in [5.74, 6) is 1.38. The molecular formula is C14H13N5O2. The SMILES string of the molecule is Cn1ccc(NC(=O)Nc2cc(-c3ccccc3)on2)n1. The number of amides is 2. The molecule has 0 aliphatic heterocycles. The van der Waals surface area contributed by atoms with Crippen molar-refractivity contribution in [2.24, 2.45) is 7.05 Å². The Morgan fingerprint density at radius 3 is 2.62 bits per heavy atom. The van der Waals surface area contributed by atoms with Crippen molar-refractivity contribution >= 4 is 17.7 Å². The van der Waals surface area contributed by atoms with E-state index in [0.29, 0.717) is 17.4 Å². The number of benzene rings is 1. The third kappa shape index (κ3) is 3.08. The highest BCUT2D eigenvalue weighted by Crippen LogP contribution is 2.21. The van der Waals surface area contributed by atoms with Gasteiger partial charge in [0.05, 0.1) is 0 Å². The fourth-order valence-electron chi connectivity index (χ4n) is 1.82.